The molecule has 0 spiro atoms. The molecule has 0 aliphatic carbocycles. The van der Waals surface area contributed by atoms with Gasteiger partial charge in [-0.3, -0.25) is 9.59 Å². The van der Waals surface area contributed by atoms with E-state index in [2.05, 4.69) is 0 Å². The molecule has 2 aliphatic rings. The lowest BCUT2D eigenvalue weighted by Gasteiger charge is -2.34. The van der Waals surface area contributed by atoms with Gasteiger partial charge in [-0.05, 0) is 45.0 Å². The van der Waals surface area contributed by atoms with Gasteiger partial charge in [0.1, 0.15) is 25.3 Å². The second-order valence-electron chi connectivity index (χ2n) is 6.92. The average Bonchev–Trinajstić information content (AvgIpc) is 2.89. The fourth-order valence-electron chi connectivity index (χ4n) is 3.78. The lowest BCUT2D eigenvalue weighted by molar-refractivity contribution is -0.929. The number of amides is 2. The smallest absolute Gasteiger partial charge is 0.338 e. The molecule has 26 heavy (non-hydrogen) atoms. The molecule has 7 heteroatoms. The first kappa shape index (κ1) is 18.5. The van der Waals surface area contributed by atoms with E-state index in [1.54, 1.807) is 31.2 Å². The molecule has 0 bridgehead atoms. The van der Waals surface area contributed by atoms with Crippen LogP contribution in [-0.2, 0) is 19.1 Å². The number of carbonyl (C=O) groups is 3. The average molecular weight is 361 g/mol. The van der Waals surface area contributed by atoms with Gasteiger partial charge in [-0.1, -0.05) is 0 Å². The van der Waals surface area contributed by atoms with Crippen molar-refractivity contribution < 1.29 is 28.8 Å². The Morgan fingerprint density at radius 3 is 2.38 bits per heavy atom. The van der Waals surface area contributed by atoms with Crippen molar-refractivity contribution in [3.8, 4) is 0 Å². The molecule has 3 rings (SSSR count). The number of ether oxygens (including phenoxy) is 2. The molecule has 140 valence electrons. The first-order chi connectivity index (χ1) is 12.4. The molecule has 0 aromatic heterocycles. The van der Waals surface area contributed by atoms with Crippen LogP contribution in [0.4, 0.5) is 5.69 Å². The summed E-state index contributed by atoms with van der Waals surface area (Å²) in [5, 5.41) is 0. The molecule has 2 fully saturated rings. The molecule has 1 N–H and O–H groups in total. The number of imide groups is 1. The lowest BCUT2D eigenvalue weighted by atomic mass is 10.1. The maximum atomic E-state index is 12.9. The van der Waals surface area contributed by atoms with Crippen LogP contribution in [0.15, 0.2) is 24.3 Å². The summed E-state index contributed by atoms with van der Waals surface area (Å²) < 4.78 is 10.7. The van der Waals surface area contributed by atoms with E-state index in [4.69, 9.17) is 9.47 Å². The normalized spacial score (nSPS) is 29.1. The van der Waals surface area contributed by atoms with Crippen LogP contribution in [0.25, 0.3) is 0 Å². The number of quaternary nitrogens is 1. The molecule has 2 heterocycles. The highest BCUT2D eigenvalue weighted by Crippen LogP contribution is 2.23. The quantitative estimate of drug-likeness (QED) is 0.612. The van der Waals surface area contributed by atoms with Crippen molar-refractivity contribution in [3.05, 3.63) is 29.8 Å². The molecule has 0 unspecified atom stereocenters. The van der Waals surface area contributed by atoms with Crippen LogP contribution in [0, 0.1) is 0 Å². The molecule has 0 saturated carbocycles. The predicted molar refractivity (Wildman–Crippen MR) is 94.0 cm³/mol. The van der Waals surface area contributed by atoms with E-state index in [1.165, 1.54) is 4.90 Å². The van der Waals surface area contributed by atoms with Crippen LogP contribution < -0.4 is 9.80 Å². The number of carbonyl (C=O) groups excluding carboxylic acids is 3. The van der Waals surface area contributed by atoms with Crippen LogP contribution in [0.1, 0.15) is 37.6 Å². The Morgan fingerprint density at radius 2 is 1.81 bits per heavy atom. The topological polar surface area (TPSA) is 77.3 Å². The van der Waals surface area contributed by atoms with Gasteiger partial charge in [-0.15, -0.1) is 0 Å². The third-order valence-electron chi connectivity index (χ3n) is 4.84. The Hall–Kier alpha value is -2.25. The van der Waals surface area contributed by atoms with E-state index >= 15 is 0 Å². The largest absolute Gasteiger partial charge is 0.462 e. The minimum absolute atomic E-state index is 0.0644. The van der Waals surface area contributed by atoms with Gasteiger partial charge in [0.2, 0.25) is 5.91 Å². The number of nitrogens with one attached hydrogen (secondary N) is 1. The third kappa shape index (κ3) is 3.64. The predicted octanol–water partition coefficient (Wildman–Crippen LogP) is 0.187. The van der Waals surface area contributed by atoms with Crippen LogP contribution in [0.2, 0.25) is 0 Å². The molecule has 0 radical (unpaired) electrons. The zero-order chi connectivity index (χ0) is 18.8. The number of morpholine rings is 1. The van der Waals surface area contributed by atoms with Crippen LogP contribution in [-0.4, -0.2) is 55.7 Å². The molecule has 2 amide bonds. The van der Waals surface area contributed by atoms with Crippen molar-refractivity contribution >= 4 is 23.5 Å². The molecule has 3 atom stereocenters. The molecule has 2 aliphatic heterocycles. The number of nitrogens with zero attached hydrogens (tertiary/aromatic N) is 1. The van der Waals surface area contributed by atoms with Crippen molar-refractivity contribution in [2.45, 2.75) is 45.4 Å². The summed E-state index contributed by atoms with van der Waals surface area (Å²) in [6.45, 7) is 7.44. The fraction of sp³-hybridized carbons (Fsp3) is 0.526. The monoisotopic (exact) mass is 361 g/mol. The zero-order valence-electron chi connectivity index (χ0n) is 15.4. The number of hydrogen-bond donors (Lipinski definition) is 1. The molecule has 1 aromatic carbocycles. The van der Waals surface area contributed by atoms with Crippen molar-refractivity contribution in [3.63, 3.8) is 0 Å². The molecular weight excluding hydrogens is 336 g/mol. The molecule has 1 aromatic rings. The fourth-order valence-corrected chi connectivity index (χ4v) is 3.78. The van der Waals surface area contributed by atoms with Gasteiger partial charge in [-0.2, -0.15) is 0 Å². The number of anilines is 1. The minimum atomic E-state index is -0.420. The molecule has 2 saturated heterocycles. The first-order valence-corrected chi connectivity index (χ1v) is 9.04. The van der Waals surface area contributed by atoms with Crippen molar-refractivity contribution in [1.82, 2.24) is 0 Å². The Balaban J connectivity index is 1.76. The van der Waals surface area contributed by atoms with Gasteiger partial charge < -0.3 is 14.4 Å². The number of benzene rings is 1. The van der Waals surface area contributed by atoms with Gasteiger partial charge in [0.15, 0.2) is 6.04 Å². The van der Waals surface area contributed by atoms with E-state index in [0.717, 1.165) is 4.90 Å². The summed E-state index contributed by atoms with van der Waals surface area (Å²) in [7, 11) is 0. The molecule has 7 nitrogen and oxygen atoms in total. The van der Waals surface area contributed by atoms with E-state index < -0.39 is 5.97 Å². The van der Waals surface area contributed by atoms with Crippen LogP contribution in [0.5, 0.6) is 0 Å². The van der Waals surface area contributed by atoms with Gasteiger partial charge in [0.05, 0.1) is 24.3 Å². The summed E-state index contributed by atoms with van der Waals surface area (Å²) in [5.41, 5.74) is 0.886. The van der Waals surface area contributed by atoms with Crippen molar-refractivity contribution in [1.29, 1.82) is 0 Å². The zero-order valence-corrected chi connectivity index (χ0v) is 15.4. The van der Waals surface area contributed by atoms with E-state index in [0.29, 0.717) is 30.9 Å². The third-order valence-corrected chi connectivity index (χ3v) is 4.84. The van der Waals surface area contributed by atoms with E-state index in [-0.39, 0.29) is 36.5 Å². The second kappa shape index (κ2) is 7.55. The van der Waals surface area contributed by atoms with Crippen LogP contribution >= 0.6 is 0 Å². The Kier molecular flexibility index (Phi) is 5.38. The second-order valence-corrected chi connectivity index (χ2v) is 6.92. The molecular formula is C19H25N2O5+. The highest BCUT2D eigenvalue weighted by atomic mass is 16.5. The van der Waals surface area contributed by atoms with Gasteiger partial charge >= 0.3 is 5.97 Å². The maximum Gasteiger partial charge on any atom is 0.338 e. The number of esters is 1. The first-order valence-electron chi connectivity index (χ1n) is 9.04. The number of hydrogen-bond acceptors (Lipinski definition) is 5. The number of rotatable bonds is 4. The van der Waals surface area contributed by atoms with Crippen LogP contribution in [0.3, 0.4) is 0 Å². The highest BCUT2D eigenvalue weighted by Gasteiger charge is 2.47. The van der Waals surface area contributed by atoms with Gasteiger partial charge in [0.25, 0.3) is 5.91 Å². The Labute approximate surface area is 152 Å². The van der Waals surface area contributed by atoms with Crippen molar-refractivity contribution in [2.24, 2.45) is 0 Å². The summed E-state index contributed by atoms with van der Waals surface area (Å²) >= 11 is 0. The van der Waals surface area contributed by atoms with Gasteiger partial charge in [-0.25, -0.2) is 9.69 Å². The SMILES string of the molecule is CCOC(=O)c1ccc(N2C(=O)C[C@@H]([NH+]3C[C@@H](C)O[C@H](C)C3)C2=O)cc1. The summed E-state index contributed by atoms with van der Waals surface area (Å²) in [6, 6.07) is 6.01. The lowest BCUT2D eigenvalue weighted by Crippen LogP contribution is -3.19. The van der Waals surface area contributed by atoms with E-state index in [1.807, 2.05) is 13.8 Å². The van der Waals surface area contributed by atoms with Gasteiger partial charge in [0, 0.05) is 0 Å². The standard InChI is InChI=1S/C19H24N2O5/c1-4-25-19(24)14-5-7-15(8-6-14)21-17(22)9-16(18(21)23)20-10-12(2)26-13(3)11-20/h5-8,12-13,16H,4,9-11H2,1-3H3/p+1/t12-,13-,16-/m1/s1. The van der Waals surface area contributed by atoms with Crippen molar-refractivity contribution in [2.75, 3.05) is 24.6 Å². The minimum Gasteiger partial charge on any atom is -0.462 e. The highest BCUT2D eigenvalue weighted by molar-refractivity contribution is 6.21. The van der Waals surface area contributed by atoms with E-state index in [9.17, 15) is 14.4 Å². The summed E-state index contributed by atoms with van der Waals surface area (Å²) in [4.78, 5) is 39.5. The Bertz CT molecular complexity index is 692. The summed E-state index contributed by atoms with van der Waals surface area (Å²) in [5.74, 6) is -0.810. The maximum absolute atomic E-state index is 12.9. The summed E-state index contributed by atoms with van der Waals surface area (Å²) in [6.07, 6.45) is 0.330. The Morgan fingerprint density at radius 1 is 1.19 bits per heavy atom.